The van der Waals surface area contributed by atoms with E-state index in [9.17, 15) is 0 Å². The van der Waals surface area contributed by atoms with Crippen LogP contribution in [0.1, 0.15) is 25.1 Å². The maximum atomic E-state index is 4.68. The number of fused-ring (bicyclic) bond motifs is 3. The lowest BCUT2D eigenvalue weighted by molar-refractivity contribution is 0.647. The number of rotatable bonds is 0. The van der Waals surface area contributed by atoms with Crippen LogP contribution in [0.4, 0.5) is 0 Å². The molecule has 0 fully saturated rings. The Hall–Kier alpha value is -1.02. The maximum absolute atomic E-state index is 4.68. The molecule has 0 amide bonds. The molecule has 80 valence electrons. The van der Waals surface area contributed by atoms with E-state index in [2.05, 4.69) is 33.8 Å². The predicted molar refractivity (Wildman–Crippen MR) is 64.5 cm³/mol. The van der Waals surface area contributed by atoms with Gasteiger partial charge >= 0.3 is 0 Å². The summed E-state index contributed by atoms with van der Waals surface area (Å²) in [5.74, 6) is 1.28. The number of imidazole rings is 1. The zero-order valence-corrected chi connectivity index (χ0v) is 9.46. The van der Waals surface area contributed by atoms with E-state index in [4.69, 9.17) is 0 Å². The summed E-state index contributed by atoms with van der Waals surface area (Å²) in [6, 6.07) is 8.45. The minimum Gasteiger partial charge on any atom is -0.328 e. The Morgan fingerprint density at radius 1 is 1.07 bits per heavy atom. The standard InChI is InChI=1S/C12H14N2.ClH/c1-2-8-12-13-10-6-3-4-7-11(10)14(12)9-5-1;/h3-4,6-7H,1-2,5,8-9H2;1H. The molecule has 0 saturated heterocycles. The van der Waals surface area contributed by atoms with Gasteiger partial charge in [0.25, 0.3) is 0 Å². The highest BCUT2D eigenvalue weighted by atomic mass is 35.5. The molecule has 0 saturated carbocycles. The molecule has 2 heterocycles. The Balaban J connectivity index is 0.000000853. The molecule has 0 N–H and O–H groups in total. The molecular weight excluding hydrogens is 208 g/mol. The SMILES string of the molecule is Cl.c1ccc2c(c1)nc1n2CCCCC1. The Labute approximate surface area is 95.7 Å². The van der Waals surface area contributed by atoms with Gasteiger partial charge in [-0.1, -0.05) is 18.6 Å². The quantitative estimate of drug-likeness (QED) is 0.670. The first kappa shape index (κ1) is 10.5. The van der Waals surface area contributed by atoms with Crippen molar-refractivity contribution < 1.29 is 0 Å². The van der Waals surface area contributed by atoms with E-state index >= 15 is 0 Å². The summed E-state index contributed by atoms with van der Waals surface area (Å²) in [7, 11) is 0. The fourth-order valence-corrected chi connectivity index (χ4v) is 2.30. The minimum atomic E-state index is 0. The fourth-order valence-electron chi connectivity index (χ4n) is 2.30. The van der Waals surface area contributed by atoms with Crippen molar-refractivity contribution in [1.29, 1.82) is 0 Å². The van der Waals surface area contributed by atoms with Gasteiger partial charge in [0, 0.05) is 13.0 Å². The van der Waals surface area contributed by atoms with Crippen molar-refractivity contribution in [2.75, 3.05) is 0 Å². The molecule has 15 heavy (non-hydrogen) atoms. The molecule has 3 heteroatoms. The average Bonchev–Trinajstić information content (AvgIpc) is 2.42. The predicted octanol–water partition coefficient (Wildman–Crippen LogP) is 3.18. The van der Waals surface area contributed by atoms with Crippen molar-refractivity contribution in [2.45, 2.75) is 32.2 Å². The Bertz CT molecular complexity index is 462. The van der Waals surface area contributed by atoms with Gasteiger partial charge in [0.15, 0.2) is 0 Å². The van der Waals surface area contributed by atoms with Crippen LogP contribution in [0.5, 0.6) is 0 Å². The third-order valence-corrected chi connectivity index (χ3v) is 3.02. The van der Waals surface area contributed by atoms with Crippen molar-refractivity contribution in [3.63, 3.8) is 0 Å². The van der Waals surface area contributed by atoms with Crippen LogP contribution < -0.4 is 0 Å². The third-order valence-electron chi connectivity index (χ3n) is 3.02. The first-order chi connectivity index (χ1) is 6.95. The van der Waals surface area contributed by atoms with Gasteiger partial charge in [0.05, 0.1) is 11.0 Å². The van der Waals surface area contributed by atoms with Crippen molar-refractivity contribution in [3.8, 4) is 0 Å². The van der Waals surface area contributed by atoms with E-state index in [0.29, 0.717) is 0 Å². The molecule has 0 radical (unpaired) electrons. The van der Waals surface area contributed by atoms with Crippen LogP contribution in [0.25, 0.3) is 11.0 Å². The van der Waals surface area contributed by atoms with Gasteiger partial charge in [-0.05, 0) is 25.0 Å². The summed E-state index contributed by atoms with van der Waals surface area (Å²) in [6.07, 6.45) is 5.09. The number of aromatic nitrogens is 2. The second-order valence-corrected chi connectivity index (χ2v) is 3.98. The maximum Gasteiger partial charge on any atom is 0.109 e. The lowest BCUT2D eigenvalue weighted by Crippen LogP contribution is -1.99. The zero-order chi connectivity index (χ0) is 9.38. The van der Waals surface area contributed by atoms with Crippen molar-refractivity contribution in [1.82, 2.24) is 9.55 Å². The molecular formula is C12H15ClN2. The lowest BCUT2D eigenvalue weighted by Gasteiger charge is -2.02. The van der Waals surface area contributed by atoms with Crippen LogP contribution in [0.15, 0.2) is 24.3 Å². The van der Waals surface area contributed by atoms with E-state index in [0.717, 1.165) is 18.5 Å². The summed E-state index contributed by atoms with van der Waals surface area (Å²) < 4.78 is 2.39. The van der Waals surface area contributed by atoms with Crippen molar-refractivity contribution >= 4 is 23.4 Å². The van der Waals surface area contributed by atoms with Gasteiger partial charge in [-0.3, -0.25) is 0 Å². The first-order valence-corrected chi connectivity index (χ1v) is 5.39. The van der Waals surface area contributed by atoms with Crippen LogP contribution >= 0.6 is 12.4 Å². The Morgan fingerprint density at radius 2 is 1.93 bits per heavy atom. The van der Waals surface area contributed by atoms with Crippen LogP contribution in [0.2, 0.25) is 0 Å². The monoisotopic (exact) mass is 222 g/mol. The highest BCUT2D eigenvalue weighted by Crippen LogP contribution is 2.21. The van der Waals surface area contributed by atoms with Gasteiger partial charge in [0.1, 0.15) is 5.82 Å². The normalized spacial score (nSPS) is 15.5. The number of aryl methyl sites for hydroxylation is 2. The van der Waals surface area contributed by atoms with Crippen LogP contribution in [0.3, 0.4) is 0 Å². The van der Waals surface area contributed by atoms with Gasteiger partial charge in [-0.25, -0.2) is 4.98 Å². The summed E-state index contributed by atoms with van der Waals surface area (Å²) in [4.78, 5) is 4.68. The Kier molecular flexibility index (Phi) is 2.96. The summed E-state index contributed by atoms with van der Waals surface area (Å²) in [5, 5.41) is 0. The van der Waals surface area contributed by atoms with E-state index in [1.165, 1.54) is 30.6 Å². The van der Waals surface area contributed by atoms with Gasteiger partial charge in [0.2, 0.25) is 0 Å². The number of hydrogen-bond donors (Lipinski definition) is 0. The molecule has 0 bridgehead atoms. The average molecular weight is 223 g/mol. The number of para-hydroxylation sites is 2. The van der Waals surface area contributed by atoms with Crippen LogP contribution in [0, 0.1) is 0 Å². The van der Waals surface area contributed by atoms with E-state index < -0.39 is 0 Å². The third kappa shape index (κ3) is 1.74. The molecule has 0 aliphatic carbocycles. The highest BCUT2D eigenvalue weighted by molar-refractivity contribution is 5.85. The molecule has 0 spiro atoms. The minimum absolute atomic E-state index is 0. The van der Waals surface area contributed by atoms with Crippen LogP contribution in [-0.2, 0) is 13.0 Å². The largest absolute Gasteiger partial charge is 0.328 e. The first-order valence-electron chi connectivity index (χ1n) is 5.39. The van der Waals surface area contributed by atoms with E-state index in [1.54, 1.807) is 0 Å². The molecule has 1 aromatic heterocycles. The number of nitrogens with zero attached hydrogens (tertiary/aromatic N) is 2. The molecule has 1 aliphatic heterocycles. The zero-order valence-electron chi connectivity index (χ0n) is 8.65. The van der Waals surface area contributed by atoms with Gasteiger partial charge in [-0.2, -0.15) is 0 Å². The second-order valence-electron chi connectivity index (χ2n) is 3.98. The van der Waals surface area contributed by atoms with Crippen molar-refractivity contribution in [2.24, 2.45) is 0 Å². The topological polar surface area (TPSA) is 17.8 Å². The summed E-state index contributed by atoms with van der Waals surface area (Å²) in [5.41, 5.74) is 2.47. The van der Waals surface area contributed by atoms with Crippen molar-refractivity contribution in [3.05, 3.63) is 30.1 Å². The number of hydrogen-bond acceptors (Lipinski definition) is 1. The molecule has 0 atom stereocenters. The summed E-state index contributed by atoms with van der Waals surface area (Å²) in [6.45, 7) is 1.15. The lowest BCUT2D eigenvalue weighted by atomic mass is 10.2. The number of benzene rings is 1. The highest BCUT2D eigenvalue weighted by Gasteiger charge is 2.12. The molecule has 2 nitrogen and oxygen atoms in total. The van der Waals surface area contributed by atoms with Gasteiger partial charge < -0.3 is 4.57 Å². The van der Waals surface area contributed by atoms with E-state index in [-0.39, 0.29) is 12.4 Å². The smallest absolute Gasteiger partial charge is 0.109 e. The van der Waals surface area contributed by atoms with Gasteiger partial charge in [-0.15, -0.1) is 12.4 Å². The molecule has 2 aromatic rings. The summed E-state index contributed by atoms with van der Waals surface area (Å²) >= 11 is 0. The molecule has 0 unspecified atom stereocenters. The van der Waals surface area contributed by atoms with Crippen LogP contribution in [-0.4, -0.2) is 9.55 Å². The second kappa shape index (κ2) is 4.23. The van der Waals surface area contributed by atoms with E-state index in [1.807, 2.05) is 0 Å². The molecule has 1 aliphatic rings. The number of halogens is 1. The Morgan fingerprint density at radius 3 is 2.87 bits per heavy atom. The molecule has 1 aromatic carbocycles. The fraction of sp³-hybridized carbons (Fsp3) is 0.417. The molecule has 3 rings (SSSR count).